The first-order chi connectivity index (χ1) is 14.1. The average molecular weight is 527 g/mol. The van der Waals surface area contributed by atoms with Crippen LogP contribution in [-0.2, 0) is 11.2 Å². The van der Waals surface area contributed by atoms with Gasteiger partial charge < -0.3 is 20.0 Å². The molecular formula is C22H34IN5O2. The van der Waals surface area contributed by atoms with Crippen molar-refractivity contribution in [2.24, 2.45) is 4.99 Å². The van der Waals surface area contributed by atoms with E-state index in [1.54, 1.807) is 6.26 Å². The van der Waals surface area contributed by atoms with E-state index in [0.29, 0.717) is 31.4 Å². The third kappa shape index (κ3) is 8.33. The predicted octanol–water partition coefficient (Wildman–Crippen LogP) is 3.62. The number of oxazole rings is 1. The van der Waals surface area contributed by atoms with Crippen LogP contribution in [0, 0.1) is 6.92 Å². The minimum absolute atomic E-state index is 0. The summed E-state index contributed by atoms with van der Waals surface area (Å²) in [5.74, 6) is 1.48. The lowest BCUT2D eigenvalue weighted by molar-refractivity contribution is -0.130. The number of nitrogens with one attached hydrogen (secondary N) is 2. The Morgan fingerprint density at radius 2 is 1.83 bits per heavy atom. The summed E-state index contributed by atoms with van der Waals surface area (Å²) in [6.45, 7) is 11.4. The van der Waals surface area contributed by atoms with Crippen LogP contribution in [0.5, 0.6) is 0 Å². The Labute approximate surface area is 196 Å². The third-order valence-electron chi connectivity index (χ3n) is 4.58. The van der Waals surface area contributed by atoms with Crippen molar-refractivity contribution < 1.29 is 9.21 Å². The Morgan fingerprint density at radius 1 is 1.13 bits per heavy atom. The van der Waals surface area contributed by atoms with E-state index in [1.165, 1.54) is 5.56 Å². The number of hydrogen-bond donors (Lipinski definition) is 2. The van der Waals surface area contributed by atoms with Crippen LogP contribution in [0.1, 0.15) is 38.4 Å². The number of rotatable bonds is 10. The quantitative estimate of drug-likeness (QED) is 0.280. The summed E-state index contributed by atoms with van der Waals surface area (Å²) in [4.78, 5) is 23.0. The Hall–Kier alpha value is -2.10. The zero-order valence-electron chi connectivity index (χ0n) is 18.4. The molecule has 1 heterocycles. The topological polar surface area (TPSA) is 82.8 Å². The van der Waals surface area contributed by atoms with Crippen molar-refractivity contribution in [3.05, 3.63) is 41.8 Å². The molecular weight excluding hydrogens is 493 g/mol. The van der Waals surface area contributed by atoms with Gasteiger partial charge in [0, 0.05) is 44.6 Å². The molecule has 2 aromatic rings. The number of benzene rings is 1. The summed E-state index contributed by atoms with van der Waals surface area (Å²) < 4.78 is 5.60. The summed E-state index contributed by atoms with van der Waals surface area (Å²) in [7, 11) is 0. The van der Waals surface area contributed by atoms with Gasteiger partial charge in [-0.2, -0.15) is 0 Å². The van der Waals surface area contributed by atoms with Crippen LogP contribution in [0.25, 0.3) is 11.5 Å². The highest BCUT2D eigenvalue weighted by Gasteiger charge is 2.09. The van der Waals surface area contributed by atoms with Crippen molar-refractivity contribution in [3.8, 4) is 11.5 Å². The minimum Gasteiger partial charge on any atom is -0.444 e. The molecule has 0 aliphatic carbocycles. The summed E-state index contributed by atoms with van der Waals surface area (Å²) in [5.41, 5.74) is 3.07. The smallest absolute Gasteiger partial charge is 0.226 e. The van der Waals surface area contributed by atoms with Crippen molar-refractivity contribution in [3.63, 3.8) is 0 Å². The second kappa shape index (κ2) is 14.0. The molecule has 0 aliphatic heterocycles. The van der Waals surface area contributed by atoms with Gasteiger partial charge in [-0.3, -0.25) is 9.79 Å². The van der Waals surface area contributed by atoms with E-state index in [9.17, 15) is 4.79 Å². The maximum absolute atomic E-state index is 12.1. The van der Waals surface area contributed by atoms with Gasteiger partial charge in [0.2, 0.25) is 11.8 Å². The maximum Gasteiger partial charge on any atom is 0.226 e. The molecule has 8 heteroatoms. The molecule has 1 aromatic heterocycles. The number of aryl methyl sites for hydroxylation is 1. The summed E-state index contributed by atoms with van der Waals surface area (Å²) >= 11 is 0. The minimum atomic E-state index is 0. The summed E-state index contributed by atoms with van der Waals surface area (Å²) in [5, 5.41) is 6.50. The molecule has 1 aromatic carbocycles. The number of carbonyl (C=O) groups excluding carboxylic acids is 1. The molecule has 7 nitrogen and oxygen atoms in total. The predicted molar refractivity (Wildman–Crippen MR) is 132 cm³/mol. The fourth-order valence-corrected chi connectivity index (χ4v) is 2.90. The van der Waals surface area contributed by atoms with E-state index in [1.807, 2.05) is 49.9 Å². The lowest BCUT2D eigenvalue weighted by Gasteiger charge is -2.18. The van der Waals surface area contributed by atoms with Gasteiger partial charge in [-0.1, -0.05) is 17.7 Å². The fraction of sp³-hybridized carbons (Fsp3) is 0.500. The Morgan fingerprint density at radius 3 is 2.47 bits per heavy atom. The molecule has 0 saturated heterocycles. The van der Waals surface area contributed by atoms with E-state index in [0.717, 1.165) is 37.3 Å². The number of amides is 1. The van der Waals surface area contributed by atoms with Gasteiger partial charge >= 0.3 is 0 Å². The summed E-state index contributed by atoms with van der Waals surface area (Å²) in [6, 6.07) is 8.12. The van der Waals surface area contributed by atoms with E-state index in [-0.39, 0.29) is 29.9 Å². The van der Waals surface area contributed by atoms with Crippen LogP contribution >= 0.6 is 24.0 Å². The Balaban J connectivity index is 0.00000450. The molecule has 2 N–H and O–H groups in total. The summed E-state index contributed by atoms with van der Waals surface area (Å²) in [6.07, 6.45) is 2.84. The van der Waals surface area contributed by atoms with E-state index < -0.39 is 0 Å². The lowest BCUT2D eigenvalue weighted by atomic mass is 10.1. The standard InChI is InChI=1S/C22H33N5O2.HI/c1-5-23-22(25-15-13-20(28)27(6-2)7-3)24-14-12-19-16-29-21(26-19)18-10-8-17(4)9-11-18;/h8-11,16H,5-7,12-15H2,1-4H3,(H2,23,24,25);1H. The van der Waals surface area contributed by atoms with Gasteiger partial charge in [0.05, 0.1) is 12.2 Å². The van der Waals surface area contributed by atoms with Gasteiger partial charge in [0.15, 0.2) is 5.96 Å². The molecule has 30 heavy (non-hydrogen) atoms. The van der Waals surface area contributed by atoms with Gasteiger partial charge in [-0.25, -0.2) is 4.98 Å². The SMILES string of the molecule is CCNC(=NCCC(=O)N(CC)CC)NCCc1coc(-c2ccc(C)cc2)n1.I. The van der Waals surface area contributed by atoms with Gasteiger partial charge in [0.25, 0.3) is 0 Å². The molecule has 2 rings (SSSR count). The molecule has 0 fully saturated rings. The fourth-order valence-electron chi connectivity index (χ4n) is 2.90. The average Bonchev–Trinajstić information content (AvgIpc) is 3.18. The van der Waals surface area contributed by atoms with Crippen LogP contribution in [0.2, 0.25) is 0 Å². The highest BCUT2D eigenvalue weighted by molar-refractivity contribution is 14.0. The number of guanidine groups is 1. The second-order valence-corrected chi connectivity index (χ2v) is 6.76. The first kappa shape index (κ1) is 25.9. The van der Waals surface area contributed by atoms with Crippen molar-refractivity contribution in [1.82, 2.24) is 20.5 Å². The monoisotopic (exact) mass is 527 g/mol. The van der Waals surface area contributed by atoms with E-state index in [2.05, 4.69) is 27.5 Å². The van der Waals surface area contributed by atoms with Crippen molar-refractivity contribution in [2.45, 2.75) is 40.5 Å². The first-order valence-corrected chi connectivity index (χ1v) is 10.4. The van der Waals surface area contributed by atoms with Crippen LogP contribution in [0.4, 0.5) is 0 Å². The van der Waals surface area contributed by atoms with Gasteiger partial charge in [0.1, 0.15) is 6.26 Å². The molecule has 0 radical (unpaired) electrons. The maximum atomic E-state index is 12.1. The first-order valence-electron chi connectivity index (χ1n) is 10.4. The van der Waals surface area contributed by atoms with Gasteiger partial charge in [-0.05, 0) is 39.8 Å². The highest BCUT2D eigenvalue weighted by atomic mass is 127. The van der Waals surface area contributed by atoms with Crippen molar-refractivity contribution >= 4 is 35.8 Å². The van der Waals surface area contributed by atoms with Crippen molar-refractivity contribution in [2.75, 3.05) is 32.7 Å². The molecule has 0 spiro atoms. The Kier molecular flexibility index (Phi) is 12.1. The van der Waals surface area contributed by atoms with Crippen LogP contribution in [-0.4, -0.2) is 54.5 Å². The molecule has 0 saturated carbocycles. The normalized spacial score (nSPS) is 11.0. The van der Waals surface area contributed by atoms with Gasteiger partial charge in [-0.15, -0.1) is 24.0 Å². The number of aromatic nitrogens is 1. The number of aliphatic imine (C=N–C) groups is 1. The van der Waals surface area contributed by atoms with Crippen LogP contribution in [0.3, 0.4) is 0 Å². The van der Waals surface area contributed by atoms with Crippen LogP contribution in [0.15, 0.2) is 39.9 Å². The zero-order chi connectivity index (χ0) is 21.1. The molecule has 0 bridgehead atoms. The molecule has 0 unspecified atom stereocenters. The highest BCUT2D eigenvalue weighted by Crippen LogP contribution is 2.19. The molecule has 0 atom stereocenters. The van der Waals surface area contributed by atoms with E-state index >= 15 is 0 Å². The largest absolute Gasteiger partial charge is 0.444 e. The Bertz CT molecular complexity index is 785. The number of halogens is 1. The van der Waals surface area contributed by atoms with E-state index in [4.69, 9.17) is 4.42 Å². The van der Waals surface area contributed by atoms with Crippen molar-refractivity contribution in [1.29, 1.82) is 0 Å². The lowest BCUT2D eigenvalue weighted by Crippen LogP contribution is -2.38. The number of carbonyl (C=O) groups is 1. The number of nitrogens with zero attached hydrogens (tertiary/aromatic N) is 3. The van der Waals surface area contributed by atoms with Crippen LogP contribution < -0.4 is 10.6 Å². The molecule has 1 amide bonds. The second-order valence-electron chi connectivity index (χ2n) is 6.76. The molecule has 166 valence electrons. The third-order valence-corrected chi connectivity index (χ3v) is 4.58. The number of hydrogen-bond acceptors (Lipinski definition) is 4. The zero-order valence-corrected chi connectivity index (χ0v) is 20.7. The molecule has 0 aliphatic rings.